The lowest BCUT2D eigenvalue weighted by atomic mass is 10.2. The van der Waals surface area contributed by atoms with Crippen molar-refractivity contribution in [1.29, 1.82) is 0 Å². The number of aromatic nitrogens is 2. The molecular weight excluding hydrogens is 392 g/mol. The smallest absolute Gasteiger partial charge is 0.272 e. The molecule has 3 rings (SSSR count). The molecule has 0 fully saturated rings. The molecule has 0 aliphatic heterocycles. The second-order valence-corrected chi connectivity index (χ2v) is 8.57. The van der Waals surface area contributed by atoms with E-state index in [0.29, 0.717) is 30.7 Å². The van der Waals surface area contributed by atoms with E-state index in [1.54, 1.807) is 30.3 Å². The highest BCUT2D eigenvalue weighted by Crippen LogP contribution is 2.16. The molecule has 0 aliphatic carbocycles. The summed E-state index contributed by atoms with van der Waals surface area (Å²) >= 11 is 0. The second-order valence-electron chi connectivity index (χ2n) is 6.46. The minimum absolute atomic E-state index is 0.0865. The van der Waals surface area contributed by atoms with E-state index in [1.807, 2.05) is 12.1 Å². The van der Waals surface area contributed by atoms with Gasteiger partial charge < -0.3 is 10.6 Å². The Bertz CT molecular complexity index is 1140. The summed E-state index contributed by atoms with van der Waals surface area (Å²) < 4.78 is 24.4. The Labute approximate surface area is 168 Å². The maximum atomic E-state index is 12.2. The van der Waals surface area contributed by atoms with Crippen LogP contribution in [0.3, 0.4) is 0 Å². The quantitative estimate of drug-likeness (QED) is 0.458. The molecule has 9 heteroatoms. The predicted molar refractivity (Wildman–Crippen MR) is 112 cm³/mol. The Balaban J connectivity index is 1.42. The fourth-order valence-electron chi connectivity index (χ4n) is 2.83. The Morgan fingerprint density at radius 2 is 1.66 bits per heavy atom. The largest absolute Gasteiger partial charge is 0.368 e. The highest BCUT2D eigenvalue weighted by Gasteiger charge is 2.15. The molecule has 0 aliphatic rings. The first kappa shape index (κ1) is 20.5. The van der Waals surface area contributed by atoms with E-state index >= 15 is 0 Å². The van der Waals surface area contributed by atoms with Crippen LogP contribution >= 0.6 is 0 Å². The summed E-state index contributed by atoms with van der Waals surface area (Å²) in [6.45, 7) is 0.935. The highest BCUT2D eigenvalue weighted by molar-refractivity contribution is 7.91. The van der Waals surface area contributed by atoms with Gasteiger partial charge in [-0.05, 0) is 24.6 Å². The van der Waals surface area contributed by atoms with Crippen LogP contribution in [-0.4, -0.2) is 43.4 Å². The fourth-order valence-corrected chi connectivity index (χ4v) is 4.10. The third-order valence-electron chi connectivity index (χ3n) is 4.36. The number of amides is 1. The lowest BCUT2D eigenvalue weighted by molar-refractivity contribution is -0.120. The van der Waals surface area contributed by atoms with Gasteiger partial charge in [-0.25, -0.2) is 13.5 Å². The number of H-pyrrole nitrogens is 1. The summed E-state index contributed by atoms with van der Waals surface area (Å²) in [4.78, 5) is 23.9. The summed E-state index contributed by atoms with van der Waals surface area (Å²) in [5.74, 6) is 0.0339. The van der Waals surface area contributed by atoms with Crippen LogP contribution in [0.2, 0.25) is 0 Å². The van der Waals surface area contributed by atoms with Crippen molar-refractivity contribution in [2.75, 3.05) is 24.2 Å². The van der Waals surface area contributed by atoms with Crippen molar-refractivity contribution in [2.45, 2.75) is 17.7 Å². The summed E-state index contributed by atoms with van der Waals surface area (Å²) in [5, 5.41) is 13.6. The lowest BCUT2D eigenvalue weighted by Crippen LogP contribution is -2.27. The first-order chi connectivity index (χ1) is 14.0. The van der Waals surface area contributed by atoms with E-state index in [2.05, 4.69) is 20.8 Å². The van der Waals surface area contributed by atoms with Crippen LogP contribution in [0.1, 0.15) is 12.8 Å². The molecule has 0 radical (unpaired) electrons. The number of benzene rings is 2. The first-order valence-electron chi connectivity index (χ1n) is 9.23. The number of aromatic amines is 1. The molecule has 3 N–H and O–H groups in total. The van der Waals surface area contributed by atoms with E-state index in [0.717, 1.165) is 5.39 Å². The van der Waals surface area contributed by atoms with Gasteiger partial charge in [-0.15, -0.1) is 0 Å². The number of carbonyl (C=O) groups excluding carboxylic acids is 1. The molecule has 0 atom stereocenters. The third-order valence-corrected chi connectivity index (χ3v) is 6.10. The molecule has 1 amide bonds. The summed E-state index contributed by atoms with van der Waals surface area (Å²) in [5.41, 5.74) is -0.246. The standard InChI is InChI=1S/C20H22N4O4S/c25-18(11-14-29(27,28)15-7-2-1-3-8-15)21-12-6-13-22-19-16-9-4-5-10-17(16)20(26)24-23-19/h1-5,7-10H,6,11-14H2,(H,21,25)(H,22,23)(H,24,26). The maximum Gasteiger partial charge on any atom is 0.272 e. The molecule has 0 saturated carbocycles. The molecule has 0 spiro atoms. The van der Waals surface area contributed by atoms with E-state index in [-0.39, 0.29) is 28.5 Å². The Kier molecular flexibility index (Phi) is 6.61. The van der Waals surface area contributed by atoms with Crippen LogP contribution in [0, 0.1) is 0 Å². The fraction of sp³-hybridized carbons (Fsp3) is 0.250. The van der Waals surface area contributed by atoms with Gasteiger partial charge in [-0.1, -0.05) is 36.4 Å². The number of carbonyl (C=O) groups is 1. The van der Waals surface area contributed by atoms with Crippen LogP contribution in [-0.2, 0) is 14.6 Å². The highest BCUT2D eigenvalue weighted by atomic mass is 32.2. The molecule has 152 valence electrons. The summed E-state index contributed by atoms with van der Waals surface area (Å²) in [6.07, 6.45) is 0.531. The third kappa shape index (κ3) is 5.41. The van der Waals surface area contributed by atoms with Gasteiger partial charge >= 0.3 is 0 Å². The SMILES string of the molecule is O=C(CCS(=O)(=O)c1ccccc1)NCCCNc1n[nH]c(=O)c2ccccc12. The monoisotopic (exact) mass is 414 g/mol. The van der Waals surface area contributed by atoms with Gasteiger partial charge in [-0.2, -0.15) is 5.10 Å². The van der Waals surface area contributed by atoms with Gasteiger partial charge in [-0.3, -0.25) is 9.59 Å². The van der Waals surface area contributed by atoms with E-state index in [1.165, 1.54) is 12.1 Å². The number of anilines is 1. The maximum absolute atomic E-state index is 12.2. The predicted octanol–water partition coefficient (Wildman–Crippen LogP) is 1.71. The molecule has 1 heterocycles. The van der Waals surface area contributed by atoms with Gasteiger partial charge in [0.15, 0.2) is 15.7 Å². The van der Waals surface area contributed by atoms with Crippen molar-refractivity contribution in [2.24, 2.45) is 0 Å². The van der Waals surface area contributed by atoms with Gasteiger partial charge in [0.2, 0.25) is 5.91 Å². The molecule has 1 aromatic heterocycles. The van der Waals surface area contributed by atoms with Crippen LogP contribution in [0.15, 0.2) is 64.3 Å². The van der Waals surface area contributed by atoms with Crippen LogP contribution in [0.4, 0.5) is 5.82 Å². The molecule has 0 saturated heterocycles. The Morgan fingerprint density at radius 3 is 2.41 bits per heavy atom. The van der Waals surface area contributed by atoms with Crippen molar-refractivity contribution in [3.8, 4) is 0 Å². The van der Waals surface area contributed by atoms with E-state index < -0.39 is 9.84 Å². The average Bonchev–Trinajstić information content (AvgIpc) is 2.74. The van der Waals surface area contributed by atoms with Crippen LogP contribution in [0.5, 0.6) is 0 Å². The van der Waals surface area contributed by atoms with E-state index in [9.17, 15) is 18.0 Å². The van der Waals surface area contributed by atoms with Gasteiger partial charge in [0.05, 0.1) is 16.0 Å². The first-order valence-corrected chi connectivity index (χ1v) is 10.9. The van der Waals surface area contributed by atoms with Crippen molar-refractivity contribution in [1.82, 2.24) is 15.5 Å². The van der Waals surface area contributed by atoms with Gasteiger partial charge in [0.25, 0.3) is 5.56 Å². The molecule has 8 nitrogen and oxygen atoms in total. The van der Waals surface area contributed by atoms with Crippen molar-refractivity contribution in [3.05, 3.63) is 65.0 Å². The molecule has 0 unspecified atom stereocenters. The molecule has 3 aromatic rings. The van der Waals surface area contributed by atoms with Crippen LogP contribution in [0.25, 0.3) is 10.8 Å². The number of nitrogens with zero attached hydrogens (tertiary/aromatic N) is 1. The van der Waals surface area contributed by atoms with Crippen molar-refractivity contribution in [3.63, 3.8) is 0 Å². The van der Waals surface area contributed by atoms with E-state index in [4.69, 9.17) is 0 Å². The number of fused-ring (bicyclic) bond motifs is 1. The lowest BCUT2D eigenvalue weighted by Gasteiger charge is -2.09. The average molecular weight is 414 g/mol. The van der Waals surface area contributed by atoms with Crippen LogP contribution < -0.4 is 16.2 Å². The summed E-state index contributed by atoms with van der Waals surface area (Å²) in [7, 11) is -3.46. The summed E-state index contributed by atoms with van der Waals surface area (Å²) in [6, 6.07) is 15.2. The topological polar surface area (TPSA) is 121 Å². The molecule has 29 heavy (non-hydrogen) atoms. The number of rotatable bonds is 9. The Hall–Kier alpha value is -3.20. The molecular formula is C20H22N4O4S. The number of hydrogen-bond donors (Lipinski definition) is 3. The van der Waals surface area contributed by atoms with Gasteiger partial charge in [0.1, 0.15) is 0 Å². The zero-order valence-electron chi connectivity index (χ0n) is 15.7. The second kappa shape index (κ2) is 9.33. The number of nitrogens with one attached hydrogen (secondary N) is 3. The Morgan fingerprint density at radius 1 is 0.966 bits per heavy atom. The normalized spacial score (nSPS) is 11.3. The van der Waals surface area contributed by atoms with Crippen molar-refractivity contribution < 1.29 is 13.2 Å². The number of hydrogen-bond acceptors (Lipinski definition) is 6. The van der Waals surface area contributed by atoms with Crippen molar-refractivity contribution >= 4 is 32.3 Å². The zero-order chi connectivity index (χ0) is 20.7. The zero-order valence-corrected chi connectivity index (χ0v) is 16.5. The minimum atomic E-state index is -3.46. The number of sulfone groups is 1. The molecule has 2 aromatic carbocycles. The molecule has 0 bridgehead atoms. The minimum Gasteiger partial charge on any atom is -0.368 e. The van der Waals surface area contributed by atoms with Gasteiger partial charge in [0, 0.05) is 24.9 Å².